The molecule has 8 heteroatoms. The third-order valence-electron chi connectivity index (χ3n) is 1.80. The zero-order valence-electron chi connectivity index (χ0n) is 8.69. The molecule has 0 radical (unpaired) electrons. The summed E-state index contributed by atoms with van der Waals surface area (Å²) in [5.41, 5.74) is -0.931. The van der Waals surface area contributed by atoms with Crippen LogP contribution in [0.5, 0.6) is 5.75 Å². The lowest BCUT2D eigenvalue weighted by Crippen LogP contribution is -2.19. The third-order valence-corrected chi connectivity index (χ3v) is 1.80. The van der Waals surface area contributed by atoms with E-state index < -0.39 is 41.6 Å². The van der Waals surface area contributed by atoms with Crippen LogP contribution < -0.4 is 4.74 Å². The molecule has 0 heterocycles. The van der Waals surface area contributed by atoms with Crippen molar-refractivity contribution in [2.45, 2.75) is 6.18 Å². The molecule has 0 aliphatic carbocycles. The van der Waals surface area contributed by atoms with Crippen LogP contribution in [-0.4, -0.2) is 34.9 Å². The summed E-state index contributed by atoms with van der Waals surface area (Å²) in [6.07, 6.45) is -4.59. The first-order valence-electron chi connectivity index (χ1n) is 4.50. The molecule has 0 spiro atoms. The van der Waals surface area contributed by atoms with Gasteiger partial charge in [-0.15, -0.1) is 0 Å². The Labute approximate surface area is 98.4 Å². The number of hydrogen-bond donors (Lipinski definition) is 2. The van der Waals surface area contributed by atoms with Crippen molar-refractivity contribution in [1.29, 1.82) is 0 Å². The highest BCUT2D eigenvalue weighted by molar-refractivity contribution is 5.94. The summed E-state index contributed by atoms with van der Waals surface area (Å²) in [7, 11) is 0. The van der Waals surface area contributed by atoms with Crippen LogP contribution in [0.3, 0.4) is 0 Å². The third kappa shape index (κ3) is 3.96. The van der Waals surface area contributed by atoms with E-state index in [1.54, 1.807) is 0 Å². The van der Waals surface area contributed by atoms with Crippen LogP contribution in [0.2, 0.25) is 0 Å². The summed E-state index contributed by atoms with van der Waals surface area (Å²) in [5, 5.41) is 17.3. The largest absolute Gasteiger partial charge is 0.484 e. The molecule has 0 aromatic heterocycles. The quantitative estimate of drug-likeness (QED) is 0.869. The van der Waals surface area contributed by atoms with E-state index in [4.69, 9.17) is 10.2 Å². The van der Waals surface area contributed by atoms with Crippen LogP contribution in [-0.2, 0) is 0 Å². The predicted octanol–water partition coefficient (Wildman–Crippen LogP) is 2.02. The van der Waals surface area contributed by atoms with E-state index in [1.807, 2.05) is 0 Å². The minimum absolute atomic E-state index is 0.466. The first kappa shape index (κ1) is 13.8. The van der Waals surface area contributed by atoms with Gasteiger partial charge in [-0.3, -0.25) is 0 Å². The predicted molar refractivity (Wildman–Crippen MR) is 51.9 cm³/mol. The highest BCUT2D eigenvalue weighted by atomic mass is 19.4. The van der Waals surface area contributed by atoms with Crippen LogP contribution in [0.1, 0.15) is 20.7 Å². The van der Waals surface area contributed by atoms with E-state index in [9.17, 15) is 22.8 Å². The van der Waals surface area contributed by atoms with Gasteiger partial charge in [-0.25, -0.2) is 9.59 Å². The normalized spacial score (nSPS) is 11.1. The van der Waals surface area contributed by atoms with Crippen molar-refractivity contribution in [2.75, 3.05) is 6.61 Å². The van der Waals surface area contributed by atoms with Gasteiger partial charge < -0.3 is 14.9 Å². The molecule has 0 saturated carbocycles. The van der Waals surface area contributed by atoms with Crippen molar-refractivity contribution in [2.24, 2.45) is 0 Å². The van der Waals surface area contributed by atoms with Gasteiger partial charge in [0.15, 0.2) is 6.61 Å². The SMILES string of the molecule is O=C(O)c1cc(OCC(F)(F)F)cc(C(=O)O)c1. The minimum Gasteiger partial charge on any atom is -0.484 e. The standard InChI is InChI=1S/C10H7F3O5/c11-10(12,13)4-18-7-2-5(8(14)15)1-6(3-7)9(16)17/h1-3H,4H2,(H,14,15)(H,16,17). The maximum Gasteiger partial charge on any atom is 0.422 e. The van der Waals surface area contributed by atoms with E-state index in [0.717, 1.165) is 18.2 Å². The summed E-state index contributed by atoms with van der Waals surface area (Å²) in [4.78, 5) is 21.3. The molecule has 0 unspecified atom stereocenters. The second kappa shape index (κ2) is 4.94. The molecule has 5 nitrogen and oxygen atoms in total. The average Bonchev–Trinajstić information content (AvgIpc) is 2.25. The molecule has 0 atom stereocenters. The van der Waals surface area contributed by atoms with Crippen LogP contribution >= 0.6 is 0 Å². The number of alkyl halides is 3. The molecule has 1 rings (SSSR count). The average molecular weight is 264 g/mol. The van der Waals surface area contributed by atoms with Crippen molar-refractivity contribution < 1.29 is 37.7 Å². The summed E-state index contributed by atoms with van der Waals surface area (Å²) < 4.78 is 40.0. The van der Waals surface area contributed by atoms with Gasteiger partial charge in [-0.1, -0.05) is 0 Å². The Balaban J connectivity index is 3.04. The van der Waals surface area contributed by atoms with Crippen LogP contribution in [0.25, 0.3) is 0 Å². The van der Waals surface area contributed by atoms with E-state index in [2.05, 4.69) is 4.74 Å². The molecule has 0 aliphatic rings. The van der Waals surface area contributed by atoms with Crippen molar-refractivity contribution >= 4 is 11.9 Å². The van der Waals surface area contributed by atoms with Gasteiger partial charge >= 0.3 is 18.1 Å². The number of aromatic carboxylic acids is 2. The number of carboxylic acids is 2. The van der Waals surface area contributed by atoms with Gasteiger partial charge in [0.25, 0.3) is 0 Å². The number of rotatable bonds is 4. The van der Waals surface area contributed by atoms with Gasteiger partial charge in [0.05, 0.1) is 11.1 Å². The van der Waals surface area contributed by atoms with Gasteiger partial charge in [0.1, 0.15) is 5.75 Å². The van der Waals surface area contributed by atoms with Crippen molar-refractivity contribution in [3.63, 3.8) is 0 Å². The van der Waals surface area contributed by atoms with Crippen molar-refractivity contribution in [3.05, 3.63) is 29.3 Å². The van der Waals surface area contributed by atoms with Gasteiger partial charge in [0, 0.05) is 0 Å². The maximum absolute atomic E-state index is 11.9. The second-order valence-electron chi connectivity index (χ2n) is 3.26. The highest BCUT2D eigenvalue weighted by Gasteiger charge is 2.28. The second-order valence-corrected chi connectivity index (χ2v) is 3.26. The molecule has 18 heavy (non-hydrogen) atoms. The monoisotopic (exact) mass is 264 g/mol. The molecule has 2 N–H and O–H groups in total. The highest BCUT2D eigenvalue weighted by Crippen LogP contribution is 2.21. The number of ether oxygens (including phenoxy) is 1. The molecule has 0 fully saturated rings. The maximum atomic E-state index is 11.9. The fourth-order valence-electron chi connectivity index (χ4n) is 1.09. The van der Waals surface area contributed by atoms with E-state index in [0.29, 0.717) is 0 Å². The number of carboxylic acid groups (broad SMARTS) is 2. The Bertz CT molecular complexity index is 449. The van der Waals surface area contributed by atoms with E-state index >= 15 is 0 Å². The minimum atomic E-state index is -4.59. The first-order valence-corrected chi connectivity index (χ1v) is 4.50. The van der Waals surface area contributed by atoms with Crippen molar-refractivity contribution in [1.82, 2.24) is 0 Å². The number of carbonyl (C=O) groups is 2. The molecule has 1 aromatic carbocycles. The fraction of sp³-hybridized carbons (Fsp3) is 0.200. The molecule has 98 valence electrons. The van der Waals surface area contributed by atoms with Crippen LogP contribution in [0.15, 0.2) is 18.2 Å². The molecule has 0 aliphatic heterocycles. The van der Waals surface area contributed by atoms with Gasteiger partial charge in [0.2, 0.25) is 0 Å². The summed E-state index contributed by atoms with van der Waals surface area (Å²) in [6.45, 7) is -1.63. The lowest BCUT2D eigenvalue weighted by Gasteiger charge is -2.10. The molecule has 0 bridgehead atoms. The Morgan fingerprint density at radius 3 is 1.83 bits per heavy atom. The summed E-state index contributed by atoms with van der Waals surface area (Å²) in [5.74, 6) is -3.39. The lowest BCUT2D eigenvalue weighted by atomic mass is 10.1. The fourth-order valence-corrected chi connectivity index (χ4v) is 1.09. The lowest BCUT2D eigenvalue weighted by molar-refractivity contribution is -0.153. The summed E-state index contributed by atoms with van der Waals surface area (Å²) >= 11 is 0. The topological polar surface area (TPSA) is 83.8 Å². The zero-order chi connectivity index (χ0) is 13.9. The Morgan fingerprint density at radius 2 is 1.50 bits per heavy atom. The van der Waals surface area contributed by atoms with Crippen molar-refractivity contribution in [3.8, 4) is 5.75 Å². The molecule has 0 saturated heterocycles. The number of halogens is 3. The Kier molecular flexibility index (Phi) is 3.79. The smallest absolute Gasteiger partial charge is 0.422 e. The molecular weight excluding hydrogens is 257 g/mol. The Hall–Kier alpha value is -2.25. The molecular formula is C10H7F3O5. The van der Waals surface area contributed by atoms with Crippen LogP contribution in [0.4, 0.5) is 13.2 Å². The van der Waals surface area contributed by atoms with E-state index in [-0.39, 0.29) is 0 Å². The van der Waals surface area contributed by atoms with E-state index in [1.165, 1.54) is 0 Å². The molecule has 1 aromatic rings. The number of hydrogen-bond acceptors (Lipinski definition) is 3. The van der Waals surface area contributed by atoms with Gasteiger partial charge in [-0.2, -0.15) is 13.2 Å². The molecule has 0 amide bonds. The number of benzene rings is 1. The Morgan fingerprint density at radius 1 is 1.06 bits per heavy atom. The van der Waals surface area contributed by atoms with Crippen LogP contribution in [0, 0.1) is 0 Å². The zero-order valence-corrected chi connectivity index (χ0v) is 8.69. The van der Waals surface area contributed by atoms with Gasteiger partial charge in [-0.05, 0) is 18.2 Å². The summed E-state index contributed by atoms with van der Waals surface area (Å²) in [6, 6.07) is 2.46. The first-order chi connectivity index (χ1) is 8.19.